The minimum absolute atomic E-state index is 1.18. The van der Waals surface area contributed by atoms with Gasteiger partial charge in [-0.15, -0.1) is 5.73 Å². The lowest BCUT2D eigenvalue weighted by molar-refractivity contribution is 0.536. The molecule has 0 aliphatic carbocycles. The van der Waals surface area contributed by atoms with Gasteiger partial charge in [-0.3, -0.25) is 0 Å². The van der Waals surface area contributed by atoms with E-state index < -0.39 is 0 Å². The second-order valence-electron chi connectivity index (χ2n) is 6.75. The largest absolute Gasteiger partial charge is 0.130 e. The van der Waals surface area contributed by atoms with Crippen LogP contribution < -0.4 is 0 Å². The van der Waals surface area contributed by atoms with Gasteiger partial charge in [0.05, 0.1) is 0 Å². The molecular formula is C22H42. The van der Waals surface area contributed by atoms with Crippen LogP contribution in [0.15, 0.2) is 17.9 Å². The molecule has 0 nitrogen and oxygen atoms in total. The molecule has 0 atom stereocenters. The molecule has 0 saturated carbocycles. The predicted octanol–water partition coefficient (Wildman–Crippen LogP) is 8.37. The third-order valence-electron chi connectivity index (χ3n) is 4.37. The number of hydrogen-bond acceptors (Lipinski definition) is 0. The topological polar surface area (TPSA) is 0 Å². The second kappa shape index (κ2) is 20.5. The molecule has 0 unspecified atom stereocenters. The maximum Gasteiger partial charge on any atom is -0.0274 e. The first-order valence-electron chi connectivity index (χ1n) is 10.3. The first kappa shape index (κ1) is 21.5. The van der Waals surface area contributed by atoms with Gasteiger partial charge < -0.3 is 0 Å². The van der Waals surface area contributed by atoms with Crippen LogP contribution >= 0.6 is 0 Å². The molecule has 0 N–H and O–H groups in total. The molecule has 0 heterocycles. The standard InChI is InChI=1S/C22H42/c1-3-5-7-9-11-13-15-17-19-21-22-20-18-16-14-12-10-8-6-4-2/h7,11H,3-6,8,10,12-22H2,1-2H3. The van der Waals surface area contributed by atoms with Gasteiger partial charge in [0.2, 0.25) is 0 Å². The lowest BCUT2D eigenvalue weighted by atomic mass is 10.0. The Labute approximate surface area is 141 Å². The van der Waals surface area contributed by atoms with Crippen LogP contribution in [0.3, 0.4) is 0 Å². The molecule has 0 bridgehead atoms. The fraction of sp³-hybridized carbons (Fsp3) is 0.864. The molecule has 0 aromatic carbocycles. The van der Waals surface area contributed by atoms with Crippen LogP contribution in [0.2, 0.25) is 0 Å². The fourth-order valence-corrected chi connectivity index (χ4v) is 2.84. The highest BCUT2D eigenvalue weighted by Crippen LogP contribution is 2.13. The van der Waals surface area contributed by atoms with Crippen LogP contribution in [0.25, 0.3) is 0 Å². The summed E-state index contributed by atoms with van der Waals surface area (Å²) in [6.07, 6.45) is 28.2. The molecule has 0 aliphatic rings. The van der Waals surface area contributed by atoms with Gasteiger partial charge in [0.15, 0.2) is 0 Å². The SMILES string of the molecule is CCCC=C=CCCCCCCCCCCCCCCCC. The summed E-state index contributed by atoms with van der Waals surface area (Å²) >= 11 is 0. The Kier molecular flexibility index (Phi) is 20.1. The van der Waals surface area contributed by atoms with Crippen LogP contribution in [0.5, 0.6) is 0 Å². The predicted molar refractivity (Wildman–Crippen MR) is 102 cm³/mol. The zero-order chi connectivity index (χ0) is 16.1. The summed E-state index contributed by atoms with van der Waals surface area (Å²) in [6, 6.07) is 0. The van der Waals surface area contributed by atoms with E-state index in [4.69, 9.17) is 0 Å². The van der Waals surface area contributed by atoms with Crippen molar-refractivity contribution in [2.24, 2.45) is 0 Å². The summed E-state index contributed by atoms with van der Waals surface area (Å²) in [6.45, 7) is 4.51. The van der Waals surface area contributed by atoms with E-state index in [1.165, 1.54) is 109 Å². The van der Waals surface area contributed by atoms with Crippen LogP contribution in [-0.4, -0.2) is 0 Å². The second-order valence-corrected chi connectivity index (χ2v) is 6.75. The molecule has 0 amide bonds. The van der Waals surface area contributed by atoms with Crippen molar-refractivity contribution < 1.29 is 0 Å². The quantitative estimate of drug-likeness (QED) is 0.187. The van der Waals surface area contributed by atoms with Crippen molar-refractivity contribution in [3.63, 3.8) is 0 Å². The first-order chi connectivity index (χ1) is 10.9. The van der Waals surface area contributed by atoms with Crippen molar-refractivity contribution >= 4 is 0 Å². The smallest absolute Gasteiger partial charge is 0.0274 e. The Morgan fingerprint density at radius 1 is 0.455 bits per heavy atom. The summed E-state index contributed by atoms with van der Waals surface area (Å²) in [5.41, 5.74) is 3.28. The van der Waals surface area contributed by atoms with Gasteiger partial charge >= 0.3 is 0 Å². The molecule has 22 heavy (non-hydrogen) atoms. The number of allylic oxidation sites excluding steroid dienone is 1. The zero-order valence-electron chi connectivity index (χ0n) is 15.7. The molecule has 130 valence electrons. The van der Waals surface area contributed by atoms with E-state index in [2.05, 4.69) is 31.7 Å². The fourth-order valence-electron chi connectivity index (χ4n) is 2.84. The highest BCUT2D eigenvalue weighted by molar-refractivity contribution is 4.84. The third kappa shape index (κ3) is 19.5. The van der Waals surface area contributed by atoms with Gasteiger partial charge in [0.1, 0.15) is 0 Å². The normalized spacial score (nSPS) is 10.5. The van der Waals surface area contributed by atoms with Crippen LogP contribution in [0, 0.1) is 0 Å². The summed E-state index contributed by atoms with van der Waals surface area (Å²) in [5.74, 6) is 0. The Morgan fingerprint density at radius 3 is 1.32 bits per heavy atom. The van der Waals surface area contributed by atoms with Gasteiger partial charge in [0, 0.05) is 0 Å². The average molecular weight is 307 g/mol. The van der Waals surface area contributed by atoms with Crippen molar-refractivity contribution in [1.82, 2.24) is 0 Å². The van der Waals surface area contributed by atoms with Crippen molar-refractivity contribution in [2.45, 2.75) is 123 Å². The maximum absolute atomic E-state index is 3.28. The molecule has 0 aromatic rings. The Bertz CT molecular complexity index is 245. The van der Waals surface area contributed by atoms with Gasteiger partial charge in [-0.25, -0.2) is 0 Å². The van der Waals surface area contributed by atoms with Crippen molar-refractivity contribution in [3.05, 3.63) is 17.9 Å². The van der Waals surface area contributed by atoms with Crippen LogP contribution in [0.1, 0.15) is 123 Å². The van der Waals surface area contributed by atoms with Crippen molar-refractivity contribution in [3.8, 4) is 0 Å². The highest BCUT2D eigenvalue weighted by Gasteiger charge is 1.93. The molecule has 0 rings (SSSR count). The molecule has 0 aliphatic heterocycles. The van der Waals surface area contributed by atoms with Gasteiger partial charge in [-0.1, -0.05) is 104 Å². The molecule has 0 aromatic heterocycles. The third-order valence-corrected chi connectivity index (χ3v) is 4.37. The Hall–Kier alpha value is -0.480. The zero-order valence-corrected chi connectivity index (χ0v) is 15.7. The molecule has 0 saturated heterocycles. The molecular weight excluding hydrogens is 264 g/mol. The monoisotopic (exact) mass is 306 g/mol. The summed E-state index contributed by atoms with van der Waals surface area (Å²) < 4.78 is 0. The average Bonchev–Trinajstić information content (AvgIpc) is 2.54. The van der Waals surface area contributed by atoms with Crippen LogP contribution in [0.4, 0.5) is 0 Å². The number of rotatable bonds is 17. The molecule has 0 spiro atoms. The molecule has 0 radical (unpaired) electrons. The van der Waals surface area contributed by atoms with E-state index in [0.29, 0.717) is 0 Å². The van der Waals surface area contributed by atoms with Gasteiger partial charge in [-0.2, -0.15) is 0 Å². The van der Waals surface area contributed by atoms with Crippen molar-refractivity contribution in [2.75, 3.05) is 0 Å². The van der Waals surface area contributed by atoms with E-state index in [1.807, 2.05) is 0 Å². The summed E-state index contributed by atoms with van der Waals surface area (Å²) in [4.78, 5) is 0. The Balaban J connectivity index is 3.04. The lowest BCUT2D eigenvalue weighted by Gasteiger charge is -2.02. The summed E-state index contributed by atoms with van der Waals surface area (Å²) in [5, 5.41) is 0. The number of hydrogen-bond donors (Lipinski definition) is 0. The van der Waals surface area contributed by atoms with E-state index in [0.717, 1.165) is 0 Å². The minimum atomic E-state index is 1.18. The molecule has 0 fully saturated rings. The van der Waals surface area contributed by atoms with E-state index in [-0.39, 0.29) is 0 Å². The lowest BCUT2D eigenvalue weighted by Crippen LogP contribution is -1.83. The number of unbranched alkanes of at least 4 members (excludes halogenated alkanes) is 15. The van der Waals surface area contributed by atoms with E-state index in [9.17, 15) is 0 Å². The first-order valence-corrected chi connectivity index (χ1v) is 10.3. The van der Waals surface area contributed by atoms with Crippen LogP contribution in [-0.2, 0) is 0 Å². The summed E-state index contributed by atoms with van der Waals surface area (Å²) in [7, 11) is 0. The maximum atomic E-state index is 3.28. The van der Waals surface area contributed by atoms with E-state index >= 15 is 0 Å². The van der Waals surface area contributed by atoms with Gasteiger partial charge in [-0.05, 0) is 31.4 Å². The van der Waals surface area contributed by atoms with E-state index in [1.54, 1.807) is 0 Å². The Morgan fingerprint density at radius 2 is 0.864 bits per heavy atom. The van der Waals surface area contributed by atoms with Gasteiger partial charge in [0.25, 0.3) is 0 Å². The highest BCUT2D eigenvalue weighted by atomic mass is 14.0. The molecule has 0 heteroatoms. The minimum Gasteiger partial charge on any atom is -0.130 e. The van der Waals surface area contributed by atoms with Crippen molar-refractivity contribution in [1.29, 1.82) is 0 Å².